The first kappa shape index (κ1) is 19.7. The number of carbonyl (C=O) groups excluding carboxylic acids is 2. The fourth-order valence-electron chi connectivity index (χ4n) is 5.23. The van der Waals surface area contributed by atoms with Gasteiger partial charge in [-0.25, -0.2) is 0 Å². The van der Waals surface area contributed by atoms with E-state index in [9.17, 15) is 9.59 Å². The van der Waals surface area contributed by atoms with Crippen molar-refractivity contribution in [1.82, 2.24) is 10.6 Å². The van der Waals surface area contributed by atoms with Crippen molar-refractivity contribution < 1.29 is 9.59 Å². The molecule has 26 heavy (non-hydrogen) atoms. The van der Waals surface area contributed by atoms with Crippen LogP contribution in [0.5, 0.6) is 0 Å². The Morgan fingerprint density at radius 2 is 0.885 bits per heavy atom. The number of amides is 2. The van der Waals surface area contributed by atoms with Crippen molar-refractivity contribution in [3.05, 3.63) is 0 Å². The van der Waals surface area contributed by atoms with Gasteiger partial charge in [-0.05, 0) is 63.2 Å². The third-order valence-corrected chi connectivity index (χ3v) is 6.86. The van der Waals surface area contributed by atoms with Crippen molar-refractivity contribution in [2.45, 2.75) is 115 Å². The zero-order valence-corrected chi connectivity index (χ0v) is 16.4. The maximum atomic E-state index is 12.3. The molecule has 3 aliphatic carbocycles. The predicted octanol–water partition coefficient (Wildman–Crippen LogP) is 4.47. The standard InChI is InChI=1S/C22H38N2O2/c25-21(23-19-7-3-1-4-8-19)15-17-11-13-18(14-12-17)16-22(26)24-20-9-5-2-6-10-20/h17-20H,1-16H2,(H,23,25)(H,24,26). The normalized spacial score (nSPS) is 28.5. The molecule has 2 N–H and O–H groups in total. The Morgan fingerprint density at radius 1 is 0.538 bits per heavy atom. The molecule has 2 amide bonds. The average molecular weight is 363 g/mol. The predicted molar refractivity (Wildman–Crippen MR) is 105 cm³/mol. The van der Waals surface area contributed by atoms with E-state index in [1.54, 1.807) is 0 Å². The third-order valence-electron chi connectivity index (χ3n) is 6.86. The van der Waals surface area contributed by atoms with Crippen molar-refractivity contribution in [3.8, 4) is 0 Å². The van der Waals surface area contributed by atoms with E-state index in [-0.39, 0.29) is 11.8 Å². The summed E-state index contributed by atoms with van der Waals surface area (Å²) < 4.78 is 0. The van der Waals surface area contributed by atoms with Gasteiger partial charge in [0.1, 0.15) is 0 Å². The monoisotopic (exact) mass is 362 g/mol. The summed E-state index contributed by atoms with van der Waals surface area (Å²) in [5.74, 6) is 1.57. The van der Waals surface area contributed by atoms with Crippen molar-refractivity contribution in [1.29, 1.82) is 0 Å². The van der Waals surface area contributed by atoms with Crippen LogP contribution in [0.1, 0.15) is 103 Å². The van der Waals surface area contributed by atoms with Gasteiger partial charge in [0.25, 0.3) is 0 Å². The summed E-state index contributed by atoms with van der Waals surface area (Å²) in [6.07, 6.45) is 18.2. The molecule has 148 valence electrons. The highest BCUT2D eigenvalue weighted by atomic mass is 16.2. The summed E-state index contributed by atoms with van der Waals surface area (Å²) >= 11 is 0. The lowest BCUT2D eigenvalue weighted by Crippen LogP contribution is -2.38. The third kappa shape index (κ3) is 6.59. The summed E-state index contributed by atoms with van der Waals surface area (Å²) in [7, 11) is 0. The van der Waals surface area contributed by atoms with Crippen LogP contribution < -0.4 is 10.6 Å². The molecule has 0 radical (unpaired) electrons. The fourth-order valence-corrected chi connectivity index (χ4v) is 5.23. The van der Waals surface area contributed by atoms with Gasteiger partial charge in [0.2, 0.25) is 11.8 Å². The topological polar surface area (TPSA) is 58.2 Å². The smallest absolute Gasteiger partial charge is 0.220 e. The maximum Gasteiger partial charge on any atom is 0.220 e. The number of carbonyl (C=O) groups is 2. The fraction of sp³-hybridized carbons (Fsp3) is 0.909. The van der Waals surface area contributed by atoms with E-state index in [2.05, 4.69) is 10.6 Å². The minimum Gasteiger partial charge on any atom is -0.353 e. The Kier molecular flexibility index (Phi) is 7.82. The lowest BCUT2D eigenvalue weighted by molar-refractivity contribution is -0.125. The molecule has 0 atom stereocenters. The van der Waals surface area contributed by atoms with Gasteiger partial charge in [-0.1, -0.05) is 38.5 Å². The molecule has 3 fully saturated rings. The van der Waals surface area contributed by atoms with E-state index >= 15 is 0 Å². The van der Waals surface area contributed by atoms with Crippen LogP contribution in [0, 0.1) is 11.8 Å². The lowest BCUT2D eigenvalue weighted by Gasteiger charge is -2.30. The largest absolute Gasteiger partial charge is 0.353 e. The highest BCUT2D eigenvalue weighted by Crippen LogP contribution is 2.33. The molecule has 0 aromatic rings. The molecule has 0 aromatic carbocycles. The Labute approximate surface area is 159 Å². The Morgan fingerprint density at radius 3 is 1.23 bits per heavy atom. The zero-order chi connectivity index (χ0) is 18.2. The Hall–Kier alpha value is -1.06. The second kappa shape index (κ2) is 10.3. The molecule has 3 rings (SSSR count). The van der Waals surface area contributed by atoms with Gasteiger partial charge < -0.3 is 10.6 Å². The number of nitrogens with one attached hydrogen (secondary N) is 2. The van der Waals surface area contributed by atoms with Gasteiger partial charge in [0, 0.05) is 24.9 Å². The van der Waals surface area contributed by atoms with Crippen LogP contribution in [-0.4, -0.2) is 23.9 Å². The molecular weight excluding hydrogens is 324 g/mol. The molecule has 0 unspecified atom stereocenters. The van der Waals surface area contributed by atoms with Gasteiger partial charge in [-0.3, -0.25) is 9.59 Å². The number of hydrogen-bond acceptors (Lipinski definition) is 2. The highest BCUT2D eigenvalue weighted by molar-refractivity contribution is 5.77. The van der Waals surface area contributed by atoms with Gasteiger partial charge in [0.05, 0.1) is 0 Å². The van der Waals surface area contributed by atoms with Crippen LogP contribution in [0.3, 0.4) is 0 Å². The lowest BCUT2D eigenvalue weighted by atomic mass is 9.79. The summed E-state index contributed by atoms with van der Waals surface area (Å²) in [5, 5.41) is 6.50. The number of hydrogen-bond donors (Lipinski definition) is 2. The second-order valence-electron chi connectivity index (χ2n) is 9.10. The van der Waals surface area contributed by atoms with Gasteiger partial charge in [0.15, 0.2) is 0 Å². The quantitative estimate of drug-likeness (QED) is 0.732. The Balaban J connectivity index is 1.29. The first-order valence-corrected chi connectivity index (χ1v) is 11.3. The SMILES string of the molecule is O=C(CC1CCC(CC(=O)NC2CCCCC2)CC1)NC1CCCCC1. The maximum absolute atomic E-state index is 12.3. The second-order valence-corrected chi connectivity index (χ2v) is 9.10. The van der Waals surface area contributed by atoms with E-state index in [1.807, 2.05) is 0 Å². The van der Waals surface area contributed by atoms with Crippen molar-refractivity contribution in [2.75, 3.05) is 0 Å². The van der Waals surface area contributed by atoms with E-state index in [4.69, 9.17) is 0 Å². The first-order valence-electron chi connectivity index (χ1n) is 11.3. The van der Waals surface area contributed by atoms with Gasteiger partial charge in [-0.15, -0.1) is 0 Å². The molecule has 3 saturated carbocycles. The molecule has 3 aliphatic rings. The van der Waals surface area contributed by atoms with E-state index < -0.39 is 0 Å². The molecule has 0 bridgehead atoms. The summed E-state index contributed by atoms with van der Waals surface area (Å²) in [5.41, 5.74) is 0. The molecule has 0 heterocycles. The molecule has 4 heteroatoms. The van der Waals surface area contributed by atoms with Crippen LogP contribution in [0.2, 0.25) is 0 Å². The minimum absolute atomic E-state index is 0.260. The minimum atomic E-state index is 0.260. The summed E-state index contributed by atoms with van der Waals surface area (Å²) in [6.45, 7) is 0. The van der Waals surface area contributed by atoms with E-state index in [0.717, 1.165) is 51.4 Å². The van der Waals surface area contributed by atoms with E-state index in [0.29, 0.717) is 36.8 Å². The van der Waals surface area contributed by atoms with Crippen LogP contribution >= 0.6 is 0 Å². The molecule has 0 aromatic heterocycles. The summed E-state index contributed by atoms with van der Waals surface area (Å²) in [4.78, 5) is 24.6. The van der Waals surface area contributed by atoms with E-state index in [1.165, 1.54) is 38.5 Å². The van der Waals surface area contributed by atoms with Crippen LogP contribution in [0.15, 0.2) is 0 Å². The highest BCUT2D eigenvalue weighted by Gasteiger charge is 2.26. The number of rotatable bonds is 6. The molecule has 0 aliphatic heterocycles. The Bertz CT molecular complexity index is 403. The molecule has 0 saturated heterocycles. The zero-order valence-electron chi connectivity index (χ0n) is 16.4. The van der Waals surface area contributed by atoms with Gasteiger partial charge in [-0.2, -0.15) is 0 Å². The molecule has 4 nitrogen and oxygen atoms in total. The molecular formula is C22H38N2O2. The van der Waals surface area contributed by atoms with Gasteiger partial charge >= 0.3 is 0 Å². The first-order chi connectivity index (χ1) is 12.7. The van der Waals surface area contributed by atoms with Crippen molar-refractivity contribution in [3.63, 3.8) is 0 Å². The van der Waals surface area contributed by atoms with Crippen molar-refractivity contribution >= 4 is 11.8 Å². The van der Waals surface area contributed by atoms with Crippen LogP contribution in [0.4, 0.5) is 0 Å². The van der Waals surface area contributed by atoms with Crippen LogP contribution in [0.25, 0.3) is 0 Å². The summed E-state index contributed by atoms with van der Waals surface area (Å²) in [6, 6.07) is 0.854. The average Bonchev–Trinajstić information content (AvgIpc) is 2.65. The van der Waals surface area contributed by atoms with Crippen molar-refractivity contribution in [2.24, 2.45) is 11.8 Å². The van der Waals surface area contributed by atoms with Crippen LogP contribution in [-0.2, 0) is 9.59 Å². The molecule has 0 spiro atoms.